The third-order valence-corrected chi connectivity index (χ3v) is 5.92. The van der Waals surface area contributed by atoms with Crippen molar-refractivity contribution in [3.05, 3.63) is 65.2 Å². The second kappa shape index (κ2) is 7.54. The third kappa shape index (κ3) is 4.38. The van der Waals surface area contributed by atoms with Crippen LogP contribution < -0.4 is 0 Å². The number of hydrogen-bond acceptors (Lipinski definition) is 3. The Morgan fingerprint density at radius 1 is 1.12 bits per heavy atom. The van der Waals surface area contributed by atoms with Gasteiger partial charge in [0.25, 0.3) is 0 Å². The maximum Gasteiger partial charge on any atom is 0.177 e. The molecule has 0 amide bonds. The van der Waals surface area contributed by atoms with Crippen LogP contribution in [0.4, 0.5) is 8.78 Å². The van der Waals surface area contributed by atoms with E-state index in [1.54, 1.807) is 19.1 Å². The van der Waals surface area contributed by atoms with Crippen molar-refractivity contribution in [2.24, 2.45) is 5.92 Å². The highest BCUT2D eigenvalue weighted by Crippen LogP contribution is 2.21. The van der Waals surface area contributed by atoms with E-state index in [-0.39, 0.29) is 29.9 Å². The molecule has 1 aliphatic heterocycles. The quantitative estimate of drug-likeness (QED) is 0.740. The van der Waals surface area contributed by atoms with Gasteiger partial charge in [-0.25, -0.2) is 8.78 Å². The number of Topliss-reactive ketones (excluding diaryl/α,β-unsaturated/α-hetero) is 1. The summed E-state index contributed by atoms with van der Waals surface area (Å²) in [5.41, 5.74) is 1.18. The van der Waals surface area contributed by atoms with Gasteiger partial charge in [-0.15, -0.1) is 0 Å². The Balaban J connectivity index is 1.48. The second-order valence-electron chi connectivity index (χ2n) is 6.41. The van der Waals surface area contributed by atoms with Crippen molar-refractivity contribution < 1.29 is 17.8 Å². The minimum absolute atomic E-state index is 0.0318. The van der Waals surface area contributed by atoms with Gasteiger partial charge < -0.3 is 0 Å². The van der Waals surface area contributed by atoms with Crippen molar-refractivity contribution in [1.29, 1.82) is 0 Å². The predicted molar refractivity (Wildman–Crippen MR) is 93.1 cm³/mol. The lowest BCUT2D eigenvalue weighted by Crippen LogP contribution is -2.50. The van der Waals surface area contributed by atoms with E-state index in [0.29, 0.717) is 34.9 Å². The normalized spacial score (nSPS) is 16.4. The average Bonchev–Trinajstić information content (AvgIpc) is 2.53. The zero-order valence-corrected chi connectivity index (χ0v) is 14.7. The van der Waals surface area contributed by atoms with Crippen LogP contribution in [0.15, 0.2) is 47.4 Å². The van der Waals surface area contributed by atoms with E-state index in [2.05, 4.69) is 0 Å². The predicted octanol–water partition coefficient (Wildman–Crippen LogP) is 3.20. The average molecular weight is 363 g/mol. The van der Waals surface area contributed by atoms with Crippen molar-refractivity contribution in [3.63, 3.8) is 0 Å². The molecule has 2 aromatic carbocycles. The molecule has 1 fully saturated rings. The summed E-state index contributed by atoms with van der Waals surface area (Å²) < 4.78 is 38.3. The lowest BCUT2D eigenvalue weighted by atomic mass is 9.99. The number of ketones is 1. The molecule has 3 nitrogen and oxygen atoms in total. The summed E-state index contributed by atoms with van der Waals surface area (Å²) in [5.74, 6) is 0.0430. The van der Waals surface area contributed by atoms with E-state index < -0.39 is 10.8 Å². The molecule has 1 unspecified atom stereocenters. The molecule has 2 aromatic rings. The van der Waals surface area contributed by atoms with Crippen molar-refractivity contribution in [3.8, 4) is 0 Å². The van der Waals surface area contributed by atoms with Crippen LogP contribution in [0, 0.1) is 24.5 Å². The summed E-state index contributed by atoms with van der Waals surface area (Å²) >= 11 is 0. The summed E-state index contributed by atoms with van der Waals surface area (Å²) in [5, 5.41) is 0. The van der Waals surface area contributed by atoms with Gasteiger partial charge >= 0.3 is 0 Å². The molecule has 0 aliphatic carbocycles. The Labute approximate surface area is 148 Å². The minimum Gasteiger partial charge on any atom is -0.295 e. The molecule has 6 heteroatoms. The highest BCUT2D eigenvalue weighted by Gasteiger charge is 2.30. The Hall–Kier alpha value is -1.92. The standard InChI is InChI=1S/C19H19F2NO2S/c1-13-8-16(21)4-7-18(13)19(23)11-22-9-14(10-22)12-25(24)17-5-2-15(20)3-6-17/h2-8,14H,9-12H2,1H3. The lowest BCUT2D eigenvalue weighted by molar-refractivity contribution is 0.0772. The van der Waals surface area contributed by atoms with Crippen LogP contribution in [-0.2, 0) is 10.8 Å². The number of hydrogen-bond donors (Lipinski definition) is 0. The zero-order valence-electron chi connectivity index (χ0n) is 13.9. The Bertz CT molecular complexity index is 802. The van der Waals surface area contributed by atoms with Crippen molar-refractivity contribution in [2.75, 3.05) is 25.4 Å². The molecular weight excluding hydrogens is 344 g/mol. The smallest absolute Gasteiger partial charge is 0.177 e. The molecule has 0 spiro atoms. The van der Waals surface area contributed by atoms with E-state index in [9.17, 15) is 17.8 Å². The number of halogens is 2. The molecule has 0 bridgehead atoms. The molecule has 0 saturated carbocycles. The highest BCUT2D eigenvalue weighted by atomic mass is 32.2. The first-order chi connectivity index (χ1) is 11.9. The number of nitrogens with zero attached hydrogens (tertiary/aromatic N) is 1. The van der Waals surface area contributed by atoms with Gasteiger partial charge in [0.1, 0.15) is 11.6 Å². The summed E-state index contributed by atoms with van der Waals surface area (Å²) in [6.45, 7) is 3.42. The van der Waals surface area contributed by atoms with Crippen molar-refractivity contribution in [2.45, 2.75) is 11.8 Å². The molecule has 132 valence electrons. The van der Waals surface area contributed by atoms with Crippen LogP contribution >= 0.6 is 0 Å². The van der Waals surface area contributed by atoms with Gasteiger partial charge in [0.05, 0.1) is 17.3 Å². The molecule has 0 N–H and O–H groups in total. The number of likely N-dealkylation sites (tertiary alicyclic amines) is 1. The number of carbonyl (C=O) groups is 1. The minimum atomic E-state index is -1.16. The molecule has 1 atom stereocenters. The van der Waals surface area contributed by atoms with Gasteiger partial charge in [0, 0.05) is 29.3 Å². The monoisotopic (exact) mass is 363 g/mol. The molecule has 1 heterocycles. The summed E-state index contributed by atoms with van der Waals surface area (Å²) in [4.78, 5) is 14.9. The van der Waals surface area contributed by atoms with Crippen LogP contribution in [0.2, 0.25) is 0 Å². The van der Waals surface area contributed by atoms with Crippen LogP contribution in [0.25, 0.3) is 0 Å². The zero-order chi connectivity index (χ0) is 18.0. The number of aryl methyl sites for hydroxylation is 1. The topological polar surface area (TPSA) is 37.4 Å². The van der Waals surface area contributed by atoms with Crippen molar-refractivity contribution >= 4 is 16.6 Å². The van der Waals surface area contributed by atoms with Gasteiger partial charge in [0.15, 0.2) is 5.78 Å². The third-order valence-electron chi connectivity index (χ3n) is 4.35. The number of benzene rings is 2. The summed E-state index contributed by atoms with van der Waals surface area (Å²) in [6, 6.07) is 9.89. The molecular formula is C19H19F2NO2S. The largest absolute Gasteiger partial charge is 0.295 e. The van der Waals surface area contributed by atoms with Crippen molar-refractivity contribution in [1.82, 2.24) is 4.90 Å². The van der Waals surface area contributed by atoms with Gasteiger partial charge in [-0.3, -0.25) is 13.9 Å². The summed E-state index contributed by atoms with van der Waals surface area (Å²) in [7, 11) is -1.16. The van der Waals surface area contributed by atoms with Gasteiger partial charge in [-0.1, -0.05) is 0 Å². The molecule has 1 saturated heterocycles. The van der Waals surface area contributed by atoms with Crippen LogP contribution in [0.1, 0.15) is 15.9 Å². The van der Waals surface area contributed by atoms with Gasteiger partial charge in [-0.05, 0) is 60.9 Å². The van der Waals surface area contributed by atoms with E-state index >= 15 is 0 Å². The van der Waals surface area contributed by atoms with E-state index in [0.717, 1.165) is 0 Å². The molecule has 1 aliphatic rings. The summed E-state index contributed by atoms with van der Waals surface area (Å²) in [6.07, 6.45) is 0. The first-order valence-electron chi connectivity index (χ1n) is 8.08. The Morgan fingerprint density at radius 3 is 2.40 bits per heavy atom. The van der Waals surface area contributed by atoms with Gasteiger partial charge in [-0.2, -0.15) is 0 Å². The van der Waals surface area contributed by atoms with E-state index in [4.69, 9.17) is 0 Å². The highest BCUT2D eigenvalue weighted by molar-refractivity contribution is 7.85. The maximum absolute atomic E-state index is 13.1. The maximum atomic E-state index is 13.1. The Kier molecular flexibility index (Phi) is 5.39. The van der Waals surface area contributed by atoms with Crippen LogP contribution in [0.3, 0.4) is 0 Å². The van der Waals surface area contributed by atoms with Crippen LogP contribution in [-0.4, -0.2) is 40.3 Å². The fourth-order valence-electron chi connectivity index (χ4n) is 3.04. The van der Waals surface area contributed by atoms with Crippen LogP contribution in [0.5, 0.6) is 0 Å². The first-order valence-corrected chi connectivity index (χ1v) is 9.40. The molecule has 0 radical (unpaired) electrons. The molecule has 25 heavy (non-hydrogen) atoms. The number of rotatable bonds is 6. The molecule has 0 aromatic heterocycles. The first kappa shape index (κ1) is 17.9. The van der Waals surface area contributed by atoms with E-state index in [1.165, 1.54) is 30.3 Å². The Morgan fingerprint density at radius 2 is 1.76 bits per heavy atom. The molecule has 3 rings (SSSR count). The number of carbonyl (C=O) groups excluding carboxylic acids is 1. The fraction of sp³-hybridized carbons (Fsp3) is 0.316. The van der Waals surface area contributed by atoms with Gasteiger partial charge in [0.2, 0.25) is 0 Å². The lowest BCUT2D eigenvalue weighted by Gasteiger charge is -2.38. The van der Waals surface area contributed by atoms with E-state index in [1.807, 2.05) is 4.90 Å². The fourth-order valence-corrected chi connectivity index (χ4v) is 4.31. The SMILES string of the molecule is Cc1cc(F)ccc1C(=O)CN1CC(CS(=O)c2ccc(F)cc2)C1. The second-order valence-corrected chi connectivity index (χ2v) is 7.90.